The maximum Gasteiger partial charge on any atom is 0.322 e. The second-order valence-corrected chi connectivity index (χ2v) is 6.66. The van der Waals surface area contributed by atoms with Crippen LogP contribution in [0.5, 0.6) is 0 Å². The second kappa shape index (κ2) is 6.20. The molecule has 3 N–H and O–H groups in total. The van der Waals surface area contributed by atoms with Crippen LogP contribution in [0.3, 0.4) is 0 Å². The highest BCUT2D eigenvalue weighted by atomic mass is 16.2. The largest absolute Gasteiger partial charge is 0.366 e. The van der Waals surface area contributed by atoms with Crippen molar-refractivity contribution >= 4 is 17.6 Å². The molecule has 6 nitrogen and oxygen atoms in total. The molecule has 3 rings (SSSR count). The Labute approximate surface area is 136 Å². The third-order valence-corrected chi connectivity index (χ3v) is 4.91. The van der Waals surface area contributed by atoms with E-state index in [2.05, 4.69) is 24.1 Å². The Bertz CT molecular complexity index is 621. The normalized spacial score (nSPS) is 19.6. The van der Waals surface area contributed by atoms with Crippen LogP contribution in [0.15, 0.2) is 18.2 Å². The van der Waals surface area contributed by atoms with Crippen molar-refractivity contribution in [3.05, 3.63) is 29.3 Å². The van der Waals surface area contributed by atoms with Crippen molar-refractivity contribution in [2.45, 2.75) is 45.3 Å². The van der Waals surface area contributed by atoms with Gasteiger partial charge in [0, 0.05) is 43.0 Å². The molecule has 0 aromatic heterocycles. The van der Waals surface area contributed by atoms with Gasteiger partial charge in [0.15, 0.2) is 0 Å². The average molecular weight is 316 g/mol. The van der Waals surface area contributed by atoms with E-state index in [1.807, 2.05) is 11.0 Å². The molecule has 124 valence electrons. The van der Waals surface area contributed by atoms with Gasteiger partial charge in [-0.3, -0.25) is 4.79 Å². The standard InChI is InChI=1S/C17H24N4O2/c1-11(2)20-7-5-14(6-8-20)21-10-13-4-3-12(16(18)22)9-15(13)19-17(21)23/h3-4,9,11,14H,5-8,10H2,1-2H3,(H2,18,22)(H,19,23). The van der Waals surface area contributed by atoms with Gasteiger partial charge in [-0.1, -0.05) is 6.07 Å². The molecule has 0 atom stereocenters. The lowest BCUT2D eigenvalue weighted by molar-refractivity contribution is 0.0998. The van der Waals surface area contributed by atoms with Crippen molar-refractivity contribution in [3.63, 3.8) is 0 Å². The Morgan fingerprint density at radius 1 is 1.30 bits per heavy atom. The SMILES string of the molecule is CC(C)N1CCC(N2Cc3ccc(C(N)=O)cc3NC2=O)CC1. The average Bonchev–Trinajstić information content (AvgIpc) is 2.53. The number of fused-ring (bicyclic) bond motifs is 1. The number of primary amides is 1. The van der Waals surface area contributed by atoms with Crippen LogP contribution < -0.4 is 11.1 Å². The number of nitrogens with one attached hydrogen (secondary N) is 1. The number of hydrogen-bond donors (Lipinski definition) is 2. The Morgan fingerprint density at radius 2 is 2.00 bits per heavy atom. The van der Waals surface area contributed by atoms with Gasteiger partial charge < -0.3 is 20.9 Å². The van der Waals surface area contributed by atoms with Gasteiger partial charge in [0.05, 0.1) is 0 Å². The monoisotopic (exact) mass is 316 g/mol. The van der Waals surface area contributed by atoms with Gasteiger partial charge in [0.25, 0.3) is 0 Å². The number of piperidine rings is 1. The molecule has 0 aliphatic carbocycles. The maximum atomic E-state index is 12.4. The van der Waals surface area contributed by atoms with E-state index in [-0.39, 0.29) is 12.1 Å². The summed E-state index contributed by atoms with van der Waals surface area (Å²) in [5.74, 6) is -0.481. The summed E-state index contributed by atoms with van der Waals surface area (Å²) in [6, 6.07) is 6.01. The van der Waals surface area contributed by atoms with Crippen molar-refractivity contribution in [2.75, 3.05) is 18.4 Å². The third-order valence-electron chi connectivity index (χ3n) is 4.91. The molecule has 3 amide bonds. The molecule has 0 radical (unpaired) electrons. The molecular weight excluding hydrogens is 292 g/mol. The molecule has 1 aromatic rings. The summed E-state index contributed by atoms with van der Waals surface area (Å²) in [5, 5.41) is 2.90. The van der Waals surface area contributed by atoms with Gasteiger partial charge in [-0.05, 0) is 44.4 Å². The molecule has 1 fully saturated rings. The topological polar surface area (TPSA) is 78.7 Å². The molecule has 1 aromatic carbocycles. The molecule has 0 unspecified atom stereocenters. The molecular formula is C17H24N4O2. The number of amides is 3. The molecule has 0 spiro atoms. The van der Waals surface area contributed by atoms with Gasteiger partial charge >= 0.3 is 6.03 Å². The summed E-state index contributed by atoms with van der Waals surface area (Å²) in [7, 11) is 0. The lowest BCUT2D eigenvalue weighted by Gasteiger charge is -2.41. The minimum absolute atomic E-state index is 0.0814. The number of nitrogens with two attached hydrogens (primary N) is 1. The fourth-order valence-corrected chi connectivity index (χ4v) is 3.44. The van der Waals surface area contributed by atoms with Gasteiger partial charge in [0.1, 0.15) is 0 Å². The quantitative estimate of drug-likeness (QED) is 0.895. The number of carbonyl (C=O) groups is 2. The first kappa shape index (κ1) is 15.8. The van der Waals surface area contributed by atoms with E-state index in [9.17, 15) is 9.59 Å². The van der Waals surface area contributed by atoms with Crippen molar-refractivity contribution in [1.29, 1.82) is 0 Å². The minimum atomic E-state index is -0.481. The van der Waals surface area contributed by atoms with Crippen molar-refractivity contribution in [3.8, 4) is 0 Å². The number of carbonyl (C=O) groups excluding carboxylic acids is 2. The molecule has 2 heterocycles. The number of urea groups is 1. The summed E-state index contributed by atoms with van der Waals surface area (Å²) in [4.78, 5) is 28.1. The first-order valence-electron chi connectivity index (χ1n) is 8.20. The predicted molar refractivity (Wildman–Crippen MR) is 89.3 cm³/mol. The van der Waals surface area contributed by atoms with E-state index in [0.717, 1.165) is 31.5 Å². The number of benzene rings is 1. The third kappa shape index (κ3) is 3.17. The molecule has 0 saturated carbocycles. The molecule has 1 saturated heterocycles. The summed E-state index contributed by atoms with van der Waals surface area (Å²) in [6.45, 7) is 7.06. The summed E-state index contributed by atoms with van der Waals surface area (Å²) >= 11 is 0. The number of nitrogens with zero attached hydrogens (tertiary/aromatic N) is 2. The lowest BCUT2D eigenvalue weighted by Crippen LogP contribution is -2.51. The zero-order valence-electron chi connectivity index (χ0n) is 13.7. The zero-order chi connectivity index (χ0) is 16.6. The van der Waals surface area contributed by atoms with E-state index in [1.165, 1.54) is 0 Å². The fourth-order valence-electron chi connectivity index (χ4n) is 3.44. The molecule has 0 bridgehead atoms. The van der Waals surface area contributed by atoms with E-state index in [4.69, 9.17) is 5.73 Å². The smallest absolute Gasteiger partial charge is 0.322 e. The van der Waals surface area contributed by atoms with E-state index in [1.54, 1.807) is 12.1 Å². The summed E-state index contributed by atoms with van der Waals surface area (Å²) in [6.07, 6.45) is 2.00. The number of hydrogen-bond acceptors (Lipinski definition) is 3. The van der Waals surface area contributed by atoms with Crippen LogP contribution in [0.25, 0.3) is 0 Å². The van der Waals surface area contributed by atoms with E-state index >= 15 is 0 Å². The highest BCUT2D eigenvalue weighted by Crippen LogP contribution is 2.28. The zero-order valence-corrected chi connectivity index (χ0v) is 13.7. The Morgan fingerprint density at radius 3 is 2.61 bits per heavy atom. The Kier molecular flexibility index (Phi) is 4.26. The van der Waals surface area contributed by atoms with Gasteiger partial charge in [-0.25, -0.2) is 4.79 Å². The Balaban J connectivity index is 1.72. The first-order chi connectivity index (χ1) is 11.0. The van der Waals surface area contributed by atoms with Crippen LogP contribution in [0.4, 0.5) is 10.5 Å². The van der Waals surface area contributed by atoms with Crippen molar-refractivity contribution in [1.82, 2.24) is 9.80 Å². The van der Waals surface area contributed by atoms with Gasteiger partial charge in [0.2, 0.25) is 5.91 Å². The van der Waals surface area contributed by atoms with Crippen LogP contribution >= 0.6 is 0 Å². The van der Waals surface area contributed by atoms with Gasteiger partial charge in [-0.2, -0.15) is 0 Å². The molecule has 6 heteroatoms. The lowest BCUT2D eigenvalue weighted by atomic mass is 9.99. The van der Waals surface area contributed by atoms with Crippen molar-refractivity contribution in [2.24, 2.45) is 5.73 Å². The molecule has 2 aliphatic rings. The Hall–Kier alpha value is -2.08. The minimum Gasteiger partial charge on any atom is -0.366 e. The number of rotatable bonds is 3. The number of likely N-dealkylation sites (tertiary alicyclic amines) is 1. The predicted octanol–water partition coefficient (Wildman–Crippen LogP) is 2.01. The van der Waals surface area contributed by atoms with Gasteiger partial charge in [-0.15, -0.1) is 0 Å². The van der Waals surface area contributed by atoms with Crippen LogP contribution in [0.2, 0.25) is 0 Å². The number of anilines is 1. The second-order valence-electron chi connectivity index (χ2n) is 6.66. The summed E-state index contributed by atoms with van der Waals surface area (Å²) < 4.78 is 0. The summed E-state index contributed by atoms with van der Waals surface area (Å²) in [5.41, 5.74) is 7.44. The van der Waals surface area contributed by atoms with Crippen LogP contribution in [-0.2, 0) is 6.54 Å². The highest BCUT2D eigenvalue weighted by Gasteiger charge is 2.32. The first-order valence-corrected chi connectivity index (χ1v) is 8.20. The molecule has 23 heavy (non-hydrogen) atoms. The van der Waals surface area contributed by atoms with Crippen molar-refractivity contribution < 1.29 is 9.59 Å². The van der Waals surface area contributed by atoms with Crippen LogP contribution in [-0.4, -0.2) is 46.9 Å². The maximum absolute atomic E-state index is 12.4. The fraction of sp³-hybridized carbons (Fsp3) is 0.529. The van der Waals surface area contributed by atoms with E-state index in [0.29, 0.717) is 23.8 Å². The highest BCUT2D eigenvalue weighted by molar-refractivity contribution is 5.97. The molecule has 2 aliphatic heterocycles. The van der Waals surface area contributed by atoms with E-state index < -0.39 is 5.91 Å². The van der Waals surface area contributed by atoms with Crippen LogP contribution in [0, 0.1) is 0 Å². The van der Waals surface area contributed by atoms with Crippen LogP contribution in [0.1, 0.15) is 42.6 Å².